The third-order valence-electron chi connectivity index (χ3n) is 5.68. The van der Waals surface area contributed by atoms with Crippen molar-refractivity contribution in [2.24, 2.45) is 11.8 Å². The number of piperidine rings is 1. The zero-order valence-corrected chi connectivity index (χ0v) is 14.8. The van der Waals surface area contributed by atoms with Crippen LogP contribution in [-0.2, 0) is 20.7 Å². The van der Waals surface area contributed by atoms with Crippen molar-refractivity contribution >= 4 is 11.9 Å². The van der Waals surface area contributed by atoms with E-state index < -0.39 is 5.97 Å². The van der Waals surface area contributed by atoms with E-state index in [1.807, 2.05) is 17.0 Å². The lowest BCUT2D eigenvalue weighted by Gasteiger charge is -2.35. The average molecular weight is 345 g/mol. The normalized spacial score (nSPS) is 24.4. The van der Waals surface area contributed by atoms with Crippen molar-refractivity contribution in [2.45, 2.75) is 45.1 Å². The van der Waals surface area contributed by atoms with Crippen LogP contribution < -0.4 is 0 Å². The fraction of sp³-hybridized carbons (Fsp3) is 0.600. The van der Waals surface area contributed by atoms with E-state index in [2.05, 4.69) is 19.1 Å². The minimum absolute atomic E-state index is 0.179. The number of nitrogens with zero attached hydrogens (tertiary/aromatic N) is 1. The van der Waals surface area contributed by atoms with Crippen molar-refractivity contribution in [3.05, 3.63) is 35.4 Å². The molecule has 3 rings (SSSR count). The summed E-state index contributed by atoms with van der Waals surface area (Å²) in [4.78, 5) is 25.7. The van der Waals surface area contributed by atoms with E-state index in [0.717, 1.165) is 19.3 Å². The molecule has 2 heterocycles. The number of ether oxygens (including phenoxy) is 1. The van der Waals surface area contributed by atoms with Crippen molar-refractivity contribution < 1.29 is 19.4 Å². The molecule has 0 radical (unpaired) electrons. The second kappa shape index (κ2) is 8.00. The van der Waals surface area contributed by atoms with Gasteiger partial charge in [-0.1, -0.05) is 24.3 Å². The minimum Gasteiger partial charge on any atom is -0.481 e. The molecule has 0 unspecified atom stereocenters. The Kier molecular flexibility index (Phi) is 5.74. The summed E-state index contributed by atoms with van der Waals surface area (Å²) in [5.74, 6) is -0.680. The number of aryl methyl sites for hydroxylation is 2. The first-order chi connectivity index (χ1) is 12.1. The van der Waals surface area contributed by atoms with Crippen molar-refractivity contribution in [1.82, 2.24) is 4.90 Å². The van der Waals surface area contributed by atoms with Crippen LogP contribution in [0.4, 0.5) is 0 Å². The van der Waals surface area contributed by atoms with Crippen LogP contribution in [0, 0.1) is 18.8 Å². The van der Waals surface area contributed by atoms with Crippen LogP contribution in [0.1, 0.15) is 36.8 Å². The molecule has 0 aliphatic carbocycles. The molecule has 2 aliphatic rings. The predicted octanol–water partition coefficient (Wildman–Crippen LogP) is 2.66. The van der Waals surface area contributed by atoms with Gasteiger partial charge in [-0.05, 0) is 49.7 Å². The van der Waals surface area contributed by atoms with Gasteiger partial charge in [0.25, 0.3) is 0 Å². The number of amides is 1. The standard InChI is InChI=1S/C20H27NO4/c1-14-4-2-3-5-15(14)6-7-18(22)21-11-8-16(9-12-21)19-17(20(23)24)10-13-25-19/h2-5,16-17,19H,6-13H2,1H3,(H,23,24)/t17-,19-/m0/s1. The first kappa shape index (κ1) is 17.9. The molecule has 0 aromatic heterocycles. The Morgan fingerprint density at radius 2 is 1.92 bits per heavy atom. The van der Waals surface area contributed by atoms with Gasteiger partial charge in [0.1, 0.15) is 0 Å². The molecule has 0 spiro atoms. The van der Waals surface area contributed by atoms with Crippen LogP contribution in [0.3, 0.4) is 0 Å². The topological polar surface area (TPSA) is 66.8 Å². The first-order valence-corrected chi connectivity index (χ1v) is 9.23. The Labute approximate surface area is 149 Å². The fourth-order valence-electron chi connectivity index (χ4n) is 4.11. The molecule has 0 bridgehead atoms. The maximum absolute atomic E-state index is 12.5. The molecule has 1 N–H and O–H groups in total. The molecule has 5 heteroatoms. The van der Waals surface area contributed by atoms with Gasteiger partial charge in [0.15, 0.2) is 0 Å². The van der Waals surface area contributed by atoms with Crippen LogP contribution in [0.5, 0.6) is 0 Å². The third-order valence-corrected chi connectivity index (χ3v) is 5.68. The number of carboxylic acid groups (broad SMARTS) is 1. The van der Waals surface area contributed by atoms with Crippen LogP contribution in [0.2, 0.25) is 0 Å². The van der Waals surface area contributed by atoms with Crippen molar-refractivity contribution in [3.63, 3.8) is 0 Å². The van der Waals surface area contributed by atoms with Gasteiger partial charge < -0.3 is 14.7 Å². The lowest BCUT2D eigenvalue weighted by atomic mass is 9.84. The number of hydrogen-bond donors (Lipinski definition) is 1. The van der Waals surface area contributed by atoms with Crippen LogP contribution >= 0.6 is 0 Å². The summed E-state index contributed by atoms with van der Waals surface area (Å²) in [6.07, 6.45) is 3.41. The van der Waals surface area contributed by atoms with E-state index in [4.69, 9.17) is 4.74 Å². The van der Waals surface area contributed by atoms with Gasteiger partial charge >= 0.3 is 5.97 Å². The molecule has 25 heavy (non-hydrogen) atoms. The molecular formula is C20H27NO4. The monoisotopic (exact) mass is 345 g/mol. The highest BCUT2D eigenvalue weighted by atomic mass is 16.5. The second-order valence-electron chi connectivity index (χ2n) is 7.21. The number of hydrogen-bond acceptors (Lipinski definition) is 3. The summed E-state index contributed by atoms with van der Waals surface area (Å²) in [6.45, 7) is 4.04. The summed E-state index contributed by atoms with van der Waals surface area (Å²) >= 11 is 0. The molecule has 1 aromatic carbocycles. The molecule has 1 aromatic rings. The Balaban J connectivity index is 1.48. The second-order valence-corrected chi connectivity index (χ2v) is 7.21. The van der Waals surface area contributed by atoms with E-state index >= 15 is 0 Å². The smallest absolute Gasteiger partial charge is 0.309 e. The lowest BCUT2D eigenvalue weighted by molar-refractivity contribution is -0.146. The van der Waals surface area contributed by atoms with Gasteiger partial charge in [-0.15, -0.1) is 0 Å². The molecule has 5 nitrogen and oxygen atoms in total. The highest BCUT2D eigenvalue weighted by Gasteiger charge is 2.40. The highest BCUT2D eigenvalue weighted by molar-refractivity contribution is 5.76. The Bertz CT molecular complexity index is 622. The molecule has 2 saturated heterocycles. The zero-order chi connectivity index (χ0) is 17.8. The lowest BCUT2D eigenvalue weighted by Crippen LogP contribution is -2.43. The predicted molar refractivity (Wildman–Crippen MR) is 94.3 cm³/mol. The molecule has 2 atom stereocenters. The number of carbonyl (C=O) groups is 2. The van der Waals surface area contributed by atoms with Gasteiger partial charge in [0.05, 0.1) is 12.0 Å². The highest BCUT2D eigenvalue weighted by Crippen LogP contribution is 2.33. The van der Waals surface area contributed by atoms with Gasteiger partial charge in [0, 0.05) is 26.1 Å². The number of rotatable bonds is 5. The Morgan fingerprint density at radius 1 is 1.20 bits per heavy atom. The first-order valence-electron chi connectivity index (χ1n) is 9.23. The van der Waals surface area contributed by atoms with Crippen LogP contribution in [0.15, 0.2) is 24.3 Å². The Morgan fingerprint density at radius 3 is 2.60 bits per heavy atom. The largest absolute Gasteiger partial charge is 0.481 e. The van der Waals surface area contributed by atoms with E-state index in [1.54, 1.807) is 0 Å². The summed E-state index contributed by atoms with van der Waals surface area (Å²) in [6, 6.07) is 8.18. The van der Waals surface area contributed by atoms with Gasteiger partial charge in [-0.2, -0.15) is 0 Å². The third kappa shape index (κ3) is 4.21. The zero-order valence-electron chi connectivity index (χ0n) is 14.8. The summed E-state index contributed by atoms with van der Waals surface area (Å²) in [7, 11) is 0. The molecule has 0 saturated carbocycles. The number of aliphatic carboxylic acids is 1. The van der Waals surface area contributed by atoms with Gasteiger partial charge in [-0.3, -0.25) is 9.59 Å². The quantitative estimate of drug-likeness (QED) is 0.891. The van der Waals surface area contributed by atoms with E-state index in [1.165, 1.54) is 11.1 Å². The molecule has 2 fully saturated rings. The van der Waals surface area contributed by atoms with E-state index in [0.29, 0.717) is 32.5 Å². The Hall–Kier alpha value is -1.88. The van der Waals surface area contributed by atoms with Crippen molar-refractivity contribution in [1.29, 1.82) is 0 Å². The van der Waals surface area contributed by atoms with E-state index in [9.17, 15) is 14.7 Å². The number of likely N-dealkylation sites (tertiary alicyclic amines) is 1. The molecule has 136 valence electrons. The molecule has 1 amide bonds. The number of carbonyl (C=O) groups excluding carboxylic acids is 1. The summed E-state index contributed by atoms with van der Waals surface area (Å²) < 4.78 is 5.70. The average Bonchev–Trinajstić information content (AvgIpc) is 3.11. The SMILES string of the molecule is Cc1ccccc1CCC(=O)N1CCC([C@@H]2OCC[C@@H]2C(=O)O)CC1. The summed E-state index contributed by atoms with van der Waals surface area (Å²) in [5, 5.41) is 9.31. The fourth-order valence-corrected chi connectivity index (χ4v) is 4.11. The van der Waals surface area contributed by atoms with Crippen molar-refractivity contribution in [3.8, 4) is 0 Å². The maximum atomic E-state index is 12.5. The number of benzene rings is 1. The van der Waals surface area contributed by atoms with Crippen LogP contribution in [-0.4, -0.2) is 47.7 Å². The van der Waals surface area contributed by atoms with Crippen molar-refractivity contribution in [2.75, 3.05) is 19.7 Å². The van der Waals surface area contributed by atoms with Gasteiger partial charge in [0.2, 0.25) is 5.91 Å². The molecular weight excluding hydrogens is 318 g/mol. The minimum atomic E-state index is -0.751. The van der Waals surface area contributed by atoms with Gasteiger partial charge in [-0.25, -0.2) is 0 Å². The summed E-state index contributed by atoms with van der Waals surface area (Å²) in [5.41, 5.74) is 2.46. The maximum Gasteiger partial charge on any atom is 0.309 e. The van der Waals surface area contributed by atoms with E-state index in [-0.39, 0.29) is 23.8 Å². The molecule has 2 aliphatic heterocycles. The number of carboxylic acids is 1. The van der Waals surface area contributed by atoms with Crippen LogP contribution in [0.25, 0.3) is 0 Å².